The maximum absolute atomic E-state index is 5.46. The Morgan fingerprint density at radius 3 is 3.09 bits per heavy atom. The van der Waals surface area contributed by atoms with E-state index in [9.17, 15) is 0 Å². The number of rotatable bonds is 5. The largest absolute Gasteiger partial charge is 0.338 e. The van der Waals surface area contributed by atoms with Crippen LogP contribution in [0.15, 0.2) is 16.9 Å². The molecular formula is C16H23N5O. The van der Waals surface area contributed by atoms with Gasteiger partial charge in [0, 0.05) is 37.8 Å². The molecule has 4 rings (SSSR count). The molecule has 0 N–H and O–H groups in total. The van der Waals surface area contributed by atoms with Crippen molar-refractivity contribution in [2.75, 3.05) is 13.6 Å². The lowest BCUT2D eigenvalue weighted by Crippen LogP contribution is -2.33. The summed E-state index contributed by atoms with van der Waals surface area (Å²) in [6.07, 6.45) is 8.68. The number of hydrogen-bond donors (Lipinski definition) is 0. The van der Waals surface area contributed by atoms with E-state index >= 15 is 0 Å². The molecule has 0 saturated heterocycles. The van der Waals surface area contributed by atoms with Crippen LogP contribution in [0, 0.1) is 5.92 Å². The molecule has 0 radical (unpaired) electrons. The Morgan fingerprint density at radius 2 is 2.27 bits per heavy atom. The minimum Gasteiger partial charge on any atom is -0.338 e. The summed E-state index contributed by atoms with van der Waals surface area (Å²) in [5.41, 5.74) is 0. The van der Waals surface area contributed by atoms with Gasteiger partial charge in [-0.1, -0.05) is 5.16 Å². The first-order chi connectivity index (χ1) is 10.7. The third-order valence-corrected chi connectivity index (χ3v) is 5.00. The number of fused-ring (bicyclic) bond motifs is 1. The van der Waals surface area contributed by atoms with Crippen molar-refractivity contribution in [3.8, 4) is 0 Å². The van der Waals surface area contributed by atoms with Gasteiger partial charge in [0.25, 0.3) is 0 Å². The van der Waals surface area contributed by atoms with Crippen LogP contribution in [0.25, 0.3) is 0 Å². The van der Waals surface area contributed by atoms with Gasteiger partial charge in [-0.2, -0.15) is 4.98 Å². The molecule has 0 bridgehead atoms. The van der Waals surface area contributed by atoms with Gasteiger partial charge in [-0.25, -0.2) is 4.98 Å². The predicted molar refractivity (Wildman–Crippen MR) is 81.4 cm³/mol. The summed E-state index contributed by atoms with van der Waals surface area (Å²) in [5, 5.41) is 4.13. The molecule has 0 spiro atoms. The highest BCUT2D eigenvalue weighted by molar-refractivity contribution is 5.04. The van der Waals surface area contributed by atoms with Crippen LogP contribution in [0.3, 0.4) is 0 Å². The van der Waals surface area contributed by atoms with E-state index < -0.39 is 0 Å². The average molecular weight is 301 g/mol. The van der Waals surface area contributed by atoms with Gasteiger partial charge >= 0.3 is 0 Å². The number of imidazole rings is 1. The first-order valence-corrected chi connectivity index (χ1v) is 8.24. The van der Waals surface area contributed by atoms with Gasteiger partial charge < -0.3 is 9.09 Å². The molecule has 6 nitrogen and oxygen atoms in total. The SMILES string of the molecule is CC(c1nc(C2CC2)no1)N(C)CC1CCc2nccn2C1. The topological polar surface area (TPSA) is 60.0 Å². The lowest BCUT2D eigenvalue weighted by atomic mass is 9.98. The molecule has 0 amide bonds. The lowest BCUT2D eigenvalue weighted by Gasteiger charge is -2.30. The molecule has 2 atom stereocenters. The predicted octanol–water partition coefficient (Wildman–Crippen LogP) is 2.40. The maximum Gasteiger partial charge on any atom is 0.243 e. The first kappa shape index (κ1) is 13.9. The quantitative estimate of drug-likeness (QED) is 0.848. The van der Waals surface area contributed by atoms with Crippen molar-refractivity contribution in [3.63, 3.8) is 0 Å². The van der Waals surface area contributed by atoms with Crippen LogP contribution in [-0.4, -0.2) is 38.2 Å². The van der Waals surface area contributed by atoms with E-state index in [1.807, 2.05) is 6.20 Å². The van der Waals surface area contributed by atoms with Crippen LogP contribution in [0.1, 0.15) is 55.7 Å². The molecule has 1 saturated carbocycles. The van der Waals surface area contributed by atoms with E-state index in [-0.39, 0.29) is 6.04 Å². The van der Waals surface area contributed by atoms with E-state index in [2.05, 4.69) is 44.8 Å². The van der Waals surface area contributed by atoms with Crippen LogP contribution < -0.4 is 0 Å². The summed E-state index contributed by atoms with van der Waals surface area (Å²) < 4.78 is 7.75. The lowest BCUT2D eigenvalue weighted by molar-refractivity contribution is 0.165. The minimum atomic E-state index is 0.171. The molecule has 3 heterocycles. The Labute approximate surface area is 130 Å². The summed E-state index contributed by atoms with van der Waals surface area (Å²) >= 11 is 0. The zero-order valence-electron chi connectivity index (χ0n) is 13.3. The molecule has 2 unspecified atom stereocenters. The van der Waals surface area contributed by atoms with Crippen molar-refractivity contribution in [2.45, 2.75) is 51.1 Å². The third-order valence-electron chi connectivity index (χ3n) is 5.00. The molecule has 6 heteroatoms. The van der Waals surface area contributed by atoms with E-state index in [0.717, 1.165) is 31.2 Å². The number of aromatic nitrogens is 4. The fraction of sp³-hybridized carbons (Fsp3) is 0.688. The zero-order valence-corrected chi connectivity index (χ0v) is 13.3. The highest BCUT2D eigenvalue weighted by atomic mass is 16.5. The fourth-order valence-electron chi connectivity index (χ4n) is 3.26. The summed E-state index contributed by atoms with van der Waals surface area (Å²) in [6.45, 7) is 4.25. The Hall–Kier alpha value is -1.69. The molecule has 1 aliphatic carbocycles. The Morgan fingerprint density at radius 1 is 1.41 bits per heavy atom. The molecule has 118 valence electrons. The molecular weight excluding hydrogens is 278 g/mol. The monoisotopic (exact) mass is 301 g/mol. The zero-order chi connectivity index (χ0) is 15.1. The highest BCUT2D eigenvalue weighted by Crippen LogP contribution is 2.38. The van der Waals surface area contributed by atoms with Crippen LogP contribution in [0.4, 0.5) is 0 Å². The number of hydrogen-bond acceptors (Lipinski definition) is 5. The molecule has 1 fully saturated rings. The van der Waals surface area contributed by atoms with Gasteiger partial charge in [-0.3, -0.25) is 4.90 Å². The molecule has 2 aromatic heterocycles. The van der Waals surface area contributed by atoms with Crippen LogP contribution >= 0.6 is 0 Å². The first-order valence-electron chi connectivity index (χ1n) is 8.24. The second-order valence-electron chi connectivity index (χ2n) is 6.78. The van der Waals surface area contributed by atoms with Gasteiger partial charge in [0.05, 0.1) is 6.04 Å². The minimum absolute atomic E-state index is 0.171. The maximum atomic E-state index is 5.46. The van der Waals surface area contributed by atoms with Crippen LogP contribution in [0.5, 0.6) is 0 Å². The highest BCUT2D eigenvalue weighted by Gasteiger charge is 2.30. The Balaban J connectivity index is 1.37. The van der Waals surface area contributed by atoms with E-state index in [1.54, 1.807) is 0 Å². The van der Waals surface area contributed by atoms with Gasteiger partial charge in [0.1, 0.15) is 5.82 Å². The van der Waals surface area contributed by atoms with E-state index in [4.69, 9.17) is 4.52 Å². The summed E-state index contributed by atoms with van der Waals surface area (Å²) in [5.74, 6) is 4.07. The number of aryl methyl sites for hydroxylation is 1. The van der Waals surface area contributed by atoms with Crippen LogP contribution in [0.2, 0.25) is 0 Å². The second-order valence-corrected chi connectivity index (χ2v) is 6.78. The van der Waals surface area contributed by atoms with E-state index in [0.29, 0.717) is 11.8 Å². The second kappa shape index (κ2) is 5.50. The van der Waals surface area contributed by atoms with Crippen molar-refractivity contribution in [1.29, 1.82) is 0 Å². The van der Waals surface area contributed by atoms with Gasteiger partial charge in [0.15, 0.2) is 5.82 Å². The van der Waals surface area contributed by atoms with Crippen molar-refractivity contribution < 1.29 is 4.52 Å². The summed E-state index contributed by atoms with van der Waals surface area (Å²) in [7, 11) is 2.15. The molecule has 22 heavy (non-hydrogen) atoms. The Kier molecular flexibility index (Phi) is 3.48. The van der Waals surface area contributed by atoms with Crippen molar-refractivity contribution in [3.05, 3.63) is 29.9 Å². The van der Waals surface area contributed by atoms with E-state index in [1.165, 1.54) is 25.1 Å². The molecule has 0 aromatic carbocycles. The van der Waals surface area contributed by atoms with Crippen molar-refractivity contribution in [2.24, 2.45) is 5.92 Å². The average Bonchev–Trinajstić information content (AvgIpc) is 3.08. The summed E-state index contributed by atoms with van der Waals surface area (Å²) in [4.78, 5) is 11.3. The Bertz CT molecular complexity index is 645. The van der Waals surface area contributed by atoms with Crippen molar-refractivity contribution >= 4 is 0 Å². The molecule has 2 aliphatic rings. The molecule has 1 aliphatic heterocycles. The van der Waals surface area contributed by atoms with Crippen LogP contribution in [-0.2, 0) is 13.0 Å². The van der Waals surface area contributed by atoms with Gasteiger partial charge in [-0.05, 0) is 39.2 Å². The smallest absolute Gasteiger partial charge is 0.243 e. The normalized spacial score (nSPS) is 22.8. The summed E-state index contributed by atoms with van der Waals surface area (Å²) in [6, 6.07) is 0.171. The third kappa shape index (κ3) is 2.67. The number of nitrogens with zero attached hydrogens (tertiary/aromatic N) is 5. The van der Waals surface area contributed by atoms with Gasteiger partial charge in [0.2, 0.25) is 5.89 Å². The molecule has 2 aromatic rings. The van der Waals surface area contributed by atoms with Gasteiger partial charge in [-0.15, -0.1) is 0 Å². The standard InChI is InChI=1S/C16H23N5O/c1-11(16-18-15(19-22-16)13-4-5-13)20(2)9-12-3-6-14-17-7-8-21(14)10-12/h7-8,11-13H,3-6,9-10H2,1-2H3. The van der Waals surface area contributed by atoms with Crippen molar-refractivity contribution in [1.82, 2.24) is 24.6 Å². The fourth-order valence-corrected chi connectivity index (χ4v) is 3.26.